The molecule has 1 aliphatic carbocycles. The highest BCUT2D eigenvalue weighted by molar-refractivity contribution is 6.02. The highest BCUT2D eigenvalue weighted by atomic mass is 16.2. The molecule has 3 nitrogen and oxygen atoms in total. The Balaban J connectivity index is 1.68. The number of hydrogen-bond acceptors (Lipinski definition) is 2. The van der Waals surface area contributed by atoms with E-state index in [-0.39, 0.29) is 11.9 Å². The Morgan fingerprint density at radius 2 is 2.00 bits per heavy atom. The van der Waals surface area contributed by atoms with Gasteiger partial charge in [0, 0.05) is 11.3 Å². The molecule has 1 heterocycles. The molecular formula is C14H18N2O. The van der Waals surface area contributed by atoms with E-state index in [2.05, 4.69) is 10.6 Å². The largest absolute Gasteiger partial charge is 0.324 e. The summed E-state index contributed by atoms with van der Waals surface area (Å²) in [4.78, 5) is 11.9. The normalized spacial score (nSPS) is 23.8. The Bertz CT molecular complexity index is 424. The molecule has 0 radical (unpaired) electrons. The molecule has 1 fully saturated rings. The monoisotopic (exact) mass is 230 g/mol. The second-order valence-corrected chi connectivity index (χ2v) is 5.07. The van der Waals surface area contributed by atoms with Crippen LogP contribution in [0, 0.1) is 5.92 Å². The molecule has 1 aromatic carbocycles. The van der Waals surface area contributed by atoms with E-state index in [1.165, 1.54) is 25.7 Å². The Morgan fingerprint density at radius 3 is 2.82 bits per heavy atom. The molecular weight excluding hydrogens is 212 g/mol. The zero-order valence-corrected chi connectivity index (χ0v) is 9.91. The number of amides is 1. The molecule has 1 aromatic rings. The molecule has 0 spiro atoms. The number of anilines is 1. The molecule has 3 rings (SSSR count). The lowest BCUT2D eigenvalue weighted by molar-refractivity contribution is -0.117. The van der Waals surface area contributed by atoms with Crippen LogP contribution >= 0.6 is 0 Å². The topological polar surface area (TPSA) is 41.1 Å². The summed E-state index contributed by atoms with van der Waals surface area (Å²) in [5.41, 5.74) is 2.05. The van der Waals surface area contributed by atoms with Gasteiger partial charge in [-0.1, -0.05) is 31.0 Å². The van der Waals surface area contributed by atoms with E-state index >= 15 is 0 Å². The first kappa shape index (κ1) is 10.8. The molecule has 17 heavy (non-hydrogen) atoms. The molecule has 1 amide bonds. The highest BCUT2D eigenvalue weighted by Crippen LogP contribution is 2.31. The summed E-state index contributed by atoms with van der Waals surface area (Å²) < 4.78 is 0. The van der Waals surface area contributed by atoms with Crippen molar-refractivity contribution in [2.75, 3.05) is 11.9 Å². The number of rotatable bonds is 3. The van der Waals surface area contributed by atoms with Crippen LogP contribution in [0.5, 0.6) is 0 Å². The minimum absolute atomic E-state index is 0.0872. The molecule has 0 aromatic heterocycles. The van der Waals surface area contributed by atoms with Gasteiger partial charge in [0.2, 0.25) is 5.91 Å². The van der Waals surface area contributed by atoms with Gasteiger partial charge >= 0.3 is 0 Å². The summed E-state index contributed by atoms with van der Waals surface area (Å²) in [6, 6.07) is 7.79. The zero-order chi connectivity index (χ0) is 11.7. The predicted molar refractivity (Wildman–Crippen MR) is 67.8 cm³/mol. The van der Waals surface area contributed by atoms with Crippen molar-refractivity contribution in [2.45, 2.75) is 31.7 Å². The quantitative estimate of drug-likeness (QED) is 0.837. The molecule has 0 saturated heterocycles. The van der Waals surface area contributed by atoms with E-state index in [1.54, 1.807) is 0 Å². The lowest BCUT2D eigenvalue weighted by Gasteiger charge is -2.15. The minimum atomic E-state index is -0.146. The second kappa shape index (κ2) is 4.49. The Hall–Kier alpha value is -1.35. The fourth-order valence-electron chi connectivity index (χ4n) is 2.91. The van der Waals surface area contributed by atoms with Crippen LogP contribution < -0.4 is 10.6 Å². The first-order valence-corrected chi connectivity index (χ1v) is 6.48. The maximum Gasteiger partial charge on any atom is 0.246 e. The molecule has 0 bridgehead atoms. The smallest absolute Gasteiger partial charge is 0.246 e. The molecule has 90 valence electrons. The van der Waals surface area contributed by atoms with E-state index < -0.39 is 0 Å². The van der Waals surface area contributed by atoms with E-state index in [1.807, 2.05) is 24.3 Å². The molecule has 1 unspecified atom stereocenters. The third-order valence-corrected chi connectivity index (χ3v) is 3.88. The Morgan fingerprint density at radius 1 is 1.24 bits per heavy atom. The van der Waals surface area contributed by atoms with Crippen LogP contribution in [-0.2, 0) is 4.79 Å². The Labute approximate surface area is 102 Å². The van der Waals surface area contributed by atoms with E-state index in [0.29, 0.717) is 0 Å². The van der Waals surface area contributed by atoms with Gasteiger partial charge in [0.1, 0.15) is 6.04 Å². The van der Waals surface area contributed by atoms with Gasteiger partial charge in [-0.25, -0.2) is 0 Å². The second-order valence-electron chi connectivity index (χ2n) is 5.07. The van der Waals surface area contributed by atoms with Crippen molar-refractivity contribution >= 4 is 11.6 Å². The van der Waals surface area contributed by atoms with Crippen LogP contribution in [0.25, 0.3) is 0 Å². The van der Waals surface area contributed by atoms with Crippen molar-refractivity contribution in [3.8, 4) is 0 Å². The summed E-state index contributed by atoms with van der Waals surface area (Å²) in [5, 5.41) is 6.34. The lowest BCUT2D eigenvalue weighted by Crippen LogP contribution is -2.31. The third kappa shape index (κ3) is 2.07. The van der Waals surface area contributed by atoms with Crippen molar-refractivity contribution in [1.82, 2.24) is 5.32 Å². The molecule has 2 N–H and O–H groups in total. The SMILES string of the molecule is O=C1Nc2ccccc2C1NCC1CCCC1. The maximum atomic E-state index is 11.9. The third-order valence-electron chi connectivity index (χ3n) is 3.88. The van der Waals surface area contributed by atoms with Crippen LogP contribution in [0.2, 0.25) is 0 Å². The summed E-state index contributed by atoms with van der Waals surface area (Å²) in [6.45, 7) is 0.965. The molecule has 2 aliphatic rings. The first-order valence-electron chi connectivity index (χ1n) is 6.48. The van der Waals surface area contributed by atoms with E-state index in [0.717, 1.165) is 23.7 Å². The first-order chi connectivity index (χ1) is 8.34. The van der Waals surface area contributed by atoms with Crippen LogP contribution in [-0.4, -0.2) is 12.5 Å². The van der Waals surface area contributed by atoms with Crippen LogP contribution in [0.15, 0.2) is 24.3 Å². The lowest BCUT2D eigenvalue weighted by atomic mass is 10.1. The minimum Gasteiger partial charge on any atom is -0.324 e. The molecule has 1 atom stereocenters. The summed E-state index contributed by atoms with van der Waals surface area (Å²) >= 11 is 0. The highest BCUT2D eigenvalue weighted by Gasteiger charge is 2.30. The van der Waals surface area contributed by atoms with Crippen molar-refractivity contribution < 1.29 is 4.79 Å². The van der Waals surface area contributed by atoms with Crippen molar-refractivity contribution in [3.05, 3.63) is 29.8 Å². The standard InChI is InChI=1S/C14H18N2O/c17-14-13(15-9-10-5-1-2-6-10)11-7-3-4-8-12(11)16-14/h3-4,7-8,10,13,15H,1-2,5-6,9H2,(H,16,17). The average Bonchev–Trinajstić information content (AvgIpc) is 2.93. The molecule has 1 saturated carbocycles. The number of para-hydroxylation sites is 1. The van der Waals surface area contributed by atoms with Gasteiger partial charge in [-0.2, -0.15) is 0 Å². The average molecular weight is 230 g/mol. The van der Waals surface area contributed by atoms with Gasteiger partial charge in [0.15, 0.2) is 0 Å². The van der Waals surface area contributed by atoms with Gasteiger partial charge in [0.05, 0.1) is 0 Å². The van der Waals surface area contributed by atoms with Gasteiger partial charge < -0.3 is 10.6 Å². The van der Waals surface area contributed by atoms with Crippen molar-refractivity contribution in [3.63, 3.8) is 0 Å². The molecule has 1 aliphatic heterocycles. The molecule has 3 heteroatoms. The van der Waals surface area contributed by atoms with Crippen LogP contribution in [0.3, 0.4) is 0 Å². The number of hydrogen-bond donors (Lipinski definition) is 2. The van der Waals surface area contributed by atoms with Crippen LogP contribution in [0.4, 0.5) is 5.69 Å². The fourth-order valence-corrected chi connectivity index (χ4v) is 2.91. The summed E-state index contributed by atoms with van der Waals surface area (Å²) in [5.74, 6) is 0.847. The van der Waals surface area contributed by atoms with E-state index in [4.69, 9.17) is 0 Å². The number of carbonyl (C=O) groups is 1. The van der Waals surface area contributed by atoms with Crippen LogP contribution in [0.1, 0.15) is 37.3 Å². The number of benzene rings is 1. The fraction of sp³-hybridized carbons (Fsp3) is 0.500. The van der Waals surface area contributed by atoms with Crippen molar-refractivity contribution in [1.29, 1.82) is 0 Å². The van der Waals surface area contributed by atoms with Gasteiger partial charge in [-0.15, -0.1) is 0 Å². The van der Waals surface area contributed by atoms with Gasteiger partial charge in [0.25, 0.3) is 0 Å². The zero-order valence-electron chi connectivity index (χ0n) is 9.91. The Kier molecular flexibility index (Phi) is 2.85. The number of fused-ring (bicyclic) bond motifs is 1. The number of nitrogens with one attached hydrogen (secondary N) is 2. The number of carbonyl (C=O) groups excluding carboxylic acids is 1. The van der Waals surface area contributed by atoms with E-state index in [9.17, 15) is 4.79 Å². The van der Waals surface area contributed by atoms with Crippen molar-refractivity contribution in [2.24, 2.45) is 5.92 Å². The predicted octanol–water partition coefficient (Wildman–Crippen LogP) is 2.46. The van der Waals surface area contributed by atoms with Gasteiger partial charge in [-0.05, 0) is 31.4 Å². The summed E-state index contributed by atoms with van der Waals surface area (Å²) in [6.07, 6.45) is 5.31. The summed E-state index contributed by atoms with van der Waals surface area (Å²) in [7, 11) is 0. The van der Waals surface area contributed by atoms with Gasteiger partial charge in [-0.3, -0.25) is 4.79 Å². The maximum absolute atomic E-state index is 11.9.